The molecule has 0 bridgehead atoms. The van der Waals surface area contributed by atoms with Gasteiger partial charge in [-0.05, 0) is 49.6 Å². The monoisotopic (exact) mass is 447 g/mol. The van der Waals surface area contributed by atoms with Gasteiger partial charge in [0.2, 0.25) is 10.0 Å². The first-order valence-electron chi connectivity index (χ1n) is 10.2. The lowest BCUT2D eigenvalue weighted by atomic mass is 10.1. The second-order valence-corrected chi connectivity index (χ2v) is 9.37. The smallest absolute Gasteiger partial charge is 0.254 e. The van der Waals surface area contributed by atoms with Gasteiger partial charge in [0, 0.05) is 31.7 Å². The zero-order valence-electron chi connectivity index (χ0n) is 17.4. The Hall–Kier alpha value is -2.78. The van der Waals surface area contributed by atoms with Crippen molar-refractivity contribution in [3.05, 3.63) is 65.0 Å². The normalized spacial score (nSPS) is 14.8. The molecule has 1 fully saturated rings. The van der Waals surface area contributed by atoms with Gasteiger partial charge in [0.25, 0.3) is 11.8 Å². The number of carbonyl (C=O) groups excluding carboxylic acids is 2. The molecule has 2 aromatic carbocycles. The average Bonchev–Trinajstić information content (AvgIpc) is 2.77. The van der Waals surface area contributed by atoms with Gasteiger partial charge in [0.15, 0.2) is 0 Å². The van der Waals surface area contributed by atoms with Crippen LogP contribution in [0.15, 0.2) is 47.4 Å². The van der Waals surface area contributed by atoms with Crippen molar-refractivity contribution in [1.82, 2.24) is 14.9 Å². The van der Waals surface area contributed by atoms with Crippen molar-refractivity contribution in [3.63, 3.8) is 0 Å². The molecule has 0 radical (unpaired) electrons. The molecule has 0 unspecified atom stereocenters. The zero-order valence-corrected chi connectivity index (χ0v) is 18.2. The molecular formula is C22H26FN3O4S. The molecule has 31 heavy (non-hydrogen) atoms. The van der Waals surface area contributed by atoms with Crippen LogP contribution in [0.5, 0.6) is 0 Å². The summed E-state index contributed by atoms with van der Waals surface area (Å²) in [5, 5.41) is 5.21. The third kappa shape index (κ3) is 5.48. The summed E-state index contributed by atoms with van der Waals surface area (Å²) in [7, 11) is -3.65. The molecule has 166 valence electrons. The Morgan fingerprint density at radius 1 is 0.935 bits per heavy atom. The predicted molar refractivity (Wildman–Crippen MR) is 115 cm³/mol. The second kappa shape index (κ2) is 10.0. The highest BCUT2D eigenvalue weighted by Gasteiger charge is 2.27. The Morgan fingerprint density at radius 2 is 1.55 bits per heavy atom. The van der Waals surface area contributed by atoms with E-state index in [1.807, 2.05) is 0 Å². The molecule has 2 aromatic rings. The summed E-state index contributed by atoms with van der Waals surface area (Å²) in [6, 6.07) is 10.2. The number of sulfonamides is 1. The van der Waals surface area contributed by atoms with Gasteiger partial charge in [-0.25, -0.2) is 12.8 Å². The Labute approximate surface area is 181 Å². The van der Waals surface area contributed by atoms with Crippen LogP contribution in [0.3, 0.4) is 0 Å². The first-order chi connectivity index (χ1) is 14.8. The van der Waals surface area contributed by atoms with Crippen molar-refractivity contribution in [2.45, 2.75) is 31.1 Å². The van der Waals surface area contributed by atoms with Gasteiger partial charge in [-0.3, -0.25) is 9.59 Å². The summed E-state index contributed by atoms with van der Waals surface area (Å²) in [6.07, 6.45) is 2.68. The quantitative estimate of drug-likeness (QED) is 0.638. The maximum atomic E-state index is 13.6. The molecule has 1 saturated heterocycles. The number of nitrogens with one attached hydrogen (secondary N) is 2. The van der Waals surface area contributed by atoms with E-state index in [0.29, 0.717) is 18.7 Å². The van der Waals surface area contributed by atoms with Crippen molar-refractivity contribution >= 4 is 21.8 Å². The Kier molecular flexibility index (Phi) is 7.40. The van der Waals surface area contributed by atoms with Gasteiger partial charge >= 0.3 is 0 Å². The third-order valence-electron chi connectivity index (χ3n) is 5.22. The van der Waals surface area contributed by atoms with E-state index in [9.17, 15) is 22.4 Å². The Bertz CT molecular complexity index is 1070. The molecule has 3 rings (SSSR count). The van der Waals surface area contributed by atoms with Gasteiger partial charge in [0.05, 0.1) is 10.5 Å². The van der Waals surface area contributed by atoms with Crippen LogP contribution in [0, 0.1) is 12.7 Å². The minimum absolute atomic E-state index is 0.0692. The summed E-state index contributed by atoms with van der Waals surface area (Å²) in [5.74, 6) is -1.63. The SMILES string of the molecule is Cc1ccc(S(=O)(=O)N2CCCCC2)cc1C(=O)NCCNC(=O)c1ccccc1F. The highest BCUT2D eigenvalue weighted by atomic mass is 32.2. The predicted octanol–water partition coefficient (Wildman–Crippen LogP) is 2.47. The van der Waals surface area contributed by atoms with Crippen LogP contribution in [0.2, 0.25) is 0 Å². The van der Waals surface area contributed by atoms with Crippen molar-refractivity contribution < 1.29 is 22.4 Å². The molecular weight excluding hydrogens is 421 g/mol. The number of amides is 2. The van der Waals surface area contributed by atoms with Crippen molar-refractivity contribution in [1.29, 1.82) is 0 Å². The Balaban J connectivity index is 1.61. The maximum absolute atomic E-state index is 13.6. The minimum atomic E-state index is -3.65. The van der Waals surface area contributed by atoms with Gasteiger partial charge < -0.3 is 10.6 Å². The fourth-order valence-electron chi connectivity index (χ4n) is 3.45. The number of rotatable bonds is 7. The molecule has 0 spiro atoms. The number of hydrogen-bond acceptors (Lipinski definition) is 4. The fraction of sp³-hybridized carbons (Fsp3) is 0.364. The zero-order chi connectivity index (χ0) is 22.4. The van der Waals surface area contributed by atoms with Crippen LogP contribution in [-0.2, 0) is 10.0 Å². The van der Waals surface area contributed by atoms with Gasteiger partial charge in [-0.1, -0.05) is 24.6 Å². The van der Waals surface area contributed by atoms with E-state index in [1.165, 1.54) is 34.6 Å². The van der Waals surface area contributed by atoms with Crippen LogP contribution in [-0.4, -0.2) is 50.7 Å². The van der Waals surface area contributed by atoms with Gasteiger partial charge in [0.1, 0.15) is 5.82 Å². The summed E-state index contributed by atoms with van der Waals surface area (Å²) < 4.78 is 40.9. The molecule has 0 aliphatic carbocycles. The van der Waals surface area contributed by atoms with Crippen LogP contribution < -0.4 is 10.6 Å². The van der Waals surface area contributed by atoms with Crippen LogP contribution in [0.25, 0.3) is 0 Å². The molecule has 9 heteroatoms. The highest BCUT2D eigenvalue weighted by molar-refractivity contribution is 7.89. The number of aryl methyl sites for hydroxylation is 1. The van der Waals surface area contributed by atoms with E-state index in [0.717, 1.165) is 19.3 Å². The maximum Gasteiger partial charge on any atom is 0.254 e. The highest BCUT2D eigenvalue weighted by Crippen LogP contribution is 2.22. The molecule has 2 amide bonds. The summed E-state index contributed by atoms with van der Waals surface area (Å²) in [5.41, 5.74) is 0.837. The van der Waals surface area contributed by atoms with Crippen molar-refractivity contribution in [2.24, 2.45) is 0 Å². The standard InChI is InChI=1S/C22H26FN3O4S/c1-16-9-10-17(31(29,30)26-13-5-2-6-14-26)15-19(16)22(28)25-12-11-24-21(27)18-7-3-4-8-20(18)23/h3-4,7-10,15H,2,5-6,11-14H2,1H3,(H,24,27)(H,25,28). The molecule has 1 aliphatic heterocycles. The fourth-order valence-corrected chi connectivity index (χ4v) is 4.99. The first kappa shape index (κ1) is 22.9. The topological polar surface area (TPSA) is 95.6 Å². The number of hydrogen-bond donors (Lipinski definition) is 2. The second-order valence-electron chi connectivity index (χ2n) is 7.43. The average molecular weight is 448 g/mol. The lowest BCUT2D eigenvalue weighted by Gasteiger charge is -2.26. The summed E-state index contributed by atoms with van der Waals surface area (Å²) in [4.78, 5) is 24.7. The number of halogens is 1. The summed E-state index contributed by atoms with van der Waals surface area (Å²) >= 11 is 0. The van der Waals surface area contributed by atoms with Gasteiger partial charge in [-0.2, -0.15) is 4.31 Å². The molecule has 0 atom stereocenters. The van der Waals surface area contributed by atoms with Crippen molar-refractivity contribution in [3.8, 4) is 0 Å². The third-order valence-corrected chi connectivity index (χ3v) is 7.12. The number of nitrogens with zero attached hydrogens (tertiary/aromatic N) is 1. The molecule has 0 saturated carbocycles. The van der Waals surface area contributed by atoms with E-state index < -0.39 is 27.7 Å². The number of piperidine rings is 1. The van der Waals surface area contributed by atoms with Crippen LogP contribution >= 0.6 is 0 Å². The molecule has 0 aromatic heterocycles. The molecule has 2 N–H and O–H groups in total. The van der Waals surface area contributed by atoms with Crippen LogP contribution in [0.1, 0.15) is 45.5 Å². The van der Waals surface area contributed by atoms with Crippen LogP contribution in [0.4, 0.5) is 4.39 Å². The minimum Gasteiger partial charge on any atom is -0.350 e. The number of carbonyl (C=O) groups is 2. The van der Waals surface area contributed by atoms with E-state index in [2.05, 4.69) is 10.6 Å². The van der Waals surface area contributed by atoms with E-state index in [-0.39, 0.29) is 29.1 Å². The summed E-state index contributed by atoms with van der Waals surface area (Å²) in [6.45, 7) is 2.91. The van der Waals surface area contributed by atoms with Crippen molar-refractivity contribution in [2.75, 3.05) is 26.2 Å². The lowest BCUT2D eigenvalue weighted by molar-refractivity contribution is 0.0925. The molecule has 7 nitrogen and oxygen atoms in total. The molecule has 1 aliphatic rings. The largest absolute Gasteiger partial charge is 0.350 e. The number of benzene rings is 2. The van der Waals surface area contributed by atoms with Gasteiger partial charge in [-0.15, -0.1) is 0 Å². The lowest BCUT2D eigenvalue weighted by Crippen LogP contribution is -2.36. The first-order valence-corrected chi connectivity index (χ1v) is 11.7. The Morgan fingerprint density at radius 3 is 2.19 bits per heavy atom. The van der Waals surface area contributed by atoms with E-state index >= 15 is 0 Å². The van der Waals surface area contributed by atoms with E-state index in [4.69, 9.17) is 0 Å². The molecule has 1 heterocycles. The van der Waals surface area contributed by atoms with E-state index in [1.54, 1.807) is 19.1 Å².